The first kappa shape index (κ1) is 18.2. The van der Waals surface area contributed by atoms with Gasteiger partial charge in [-0.15, -0.1) is 0 Å². The van der Waals surface area contributed by atoms with E-state index in [2.05, 4.69) is 17.6 Å². The van der Waals surface area contributed by atoms with Crippen LogP contribution in [0.3, 0.4) is 0 Å². The molecule has 0 aromatic heterocycles. The van der Waals surface area contributed by atoms with Crippen LogP contribution in [0.5, 0.6) is 0 Å². The second kappa shape index (κ2) is 8.65. The van der Waals surface area contributed by atoms with Crippen LogP contribution in [0.4, 0.5) is 5.69 Å². The Morgan fingerprint density at radius 2 is 1.73 bits per heavy atom. The predicted molar refractivity (Wildman–Crippen MR) is 104 cm³/mol. The molecule has 2 aromatic rings. The maximum absolute atomic E-state index is 12.3. The molecule has 4 heteroatoms. The molecule has 1 saturated carbocycles. The number of amides is 2. The van der Waals surface area contributed by atoms with E-state index >= 15 is 0 Å². The third-order valence-corrected chi connectivity index (χ3v) is 5.00. The van der Waals surface area contributed by atoms with E-state index < -0.39 is 0 Å². The fraction of sp³-hybridized carbons (Fsp3) is 0.364. The van der Waals surface area contributed by atoms with Crippen LogP contribution in [-0.2, 0) is 17.8 Å². The summed E-state index contributed by atoms with van der Waals surface area (Å²) in [6, 6.07) is 15.3. The van der Waals surface area contributed by atoms with Crippen molar-refractivity contribution in [1.29, 1.82) is 0 Å². The van der Waals surface area contributed by atoms with Gasteiger partial charge in [-0.1, -0.05) is 44.0 Å². The molecule has 0 aliphatic heterocycles. The van der Waals surface area contributed by atoms with E-state index in [0.29, 0.717) is 12.1 Å². The van der Waals surface area contributed by atoms with E-state index in [1.54, 1.807) is 0 Å². The van der Waals surface area contributed by atoms with Gasteiger partial charge in [0.05, 0.1) is 0 Å². The Balaban J connectivity index is 1.56. The molecule has 1 aliphatic rings. The first-order chi connectivity index (χ1) is 12.7. The van der Waals surface area contributed by atoms with Crippen molar-refractivity contribution in [2.24, 2.45) is 5.92 Å². The number of anilines is 1. The Kier molecular flexibility index (Phi) is 6.05. The lowest BCUT2D eigenvalue weighted by Crippen LogP contribution is -2.23. The molecule has 0 unspecified atom stereocenters. The van der Waals surface area contributed by atoms with Gasteiger partial charge in [-0.25, -0.2) is 0 Å². The van der Waals surface area contributed by atoms with Crippen molar-refractivity contribution < 1.29 is 9.59 Å². The summed E-state index contributed by atoms with van der Waals surface area (Å²) in [5.41, 5.74) is 3.63. The third kappa shape index (κ3) is 4.72. The first-order valence-electron chi connectivity index (χ1n) is 9.42. The smallest absolute Gasteiger partial charge is 0.251 e. The maximum atomic E-state index is 12.3. The fourth-order valence-corrected chi connectivity index (χ4v) is 3.37. The highest BCUT2D eigenvalue weighted by atomic mass is 16.2. The van der Waals surface area contributed by atoms with Crippen LogP contribution in [0.2, 0.25) is 0 Å². The summed E-state index contributed by atoms with van der Waals surface area (Å²) < 4.78 is 0. The summed E-state index contributed by atoms with van der Waals surface area (Å²) in [7, 11) is 0. The molecule has 4 nitrogen and oxygen atoms in total. The van der Waals surface area contributed by atoms with Crippen molar-refractivity contribution >= 4 is 17.5 Å². The number of hydrogen-bond donors (Lipinski definition) is 2. The molecule has 26 heavy (non-hydrogen) atoms. The lowest BCUT2D eigenvalue weighted by Gasteiger charge is -2.12. The number of carbonyl (C=O) groups excluding carboxylic acids is 2. The molecule has 0 atom stereocenters. The van der Waals surface area contributed by atoms with Crippen LogP contribution < -0.4 is 10.6 Å². The molecule has 1 aliphatic carbocycles. The van der Waals surface area contributed by atoms with Crippen molar-refractivity contribution in [3.05, 3.63) is 65.2 Å². The first-order valence-corrected chi connectivity index (χ1v) is 9.42. The lowest BCUT2D eigenvalue weighted by atomic mass is 10.1. The quantitative estimate of drug-likeness (QED) is 0.816. The van der Waals surface area contributed by atoms with Crippen LogP contribution in [0.25, 0.3) is 0 Å². The Bertz CT molecular complexity index is 762. The standard InChI is InChI=1S/C22H26N2O2/c1-2-16-10-12-19(13-11-16)21(25)23-15-17-6-5-9-20(14-17)24-22(26)18-7-3-4-8-18/h5-6,9-14,18H,2-4,7-8,15H2,1H3,(H,23,25)(H,24,26). The molecular weight excluding hydrogens is 324 g/mol. The molecule has 0 bridgehead atoms. The van der Waals surface area contributed by atoms with Crippen molar-refractivity contribution in [2.45, 2.75) is 45.6 Å². The third-order valence-electron chi connectivity index (χ3n) is 5.00. The number of aryl methyl sites for hydroxylation is 1. The molecule has 0 heterocycles. The minimum Gasteiger partial charge on any atom is -0.348 e. The molecule has 1 fully saturated rings. The van der Waals surface area contributed by atoms with Gasteiger partial charge in [0.1, 0.15) is 0 Å². The number of benzene rings is 2. The van der Waals surface area contributed by atoms with Crippen molar-refractivity contribution in [3.8, 4) is 0 Å². The van der Waals surface area contributed by atoms with E-state index in [4.69, 9.17) is 0 Å². The summed E-state index contributed by atoms with van der Waals surface area (Å²) in [5, 5.41) is 5.94. The Morgan fingerprint density at radius 1 is 1.00 bits per heavy atom. The second-order valence-electron chi connectivity index (χ2n) is 6.90. The van der Waals surface area contributed by atoms with Gasteiger partial charge in [-0.3, -0.25) is 9.59 Å². The number of nitrogens with one attached hydrogen (secondary N) is 2. The van der Waals surface area contributed by atoms with E-state index in [1.807, 2.05) is 48.5 Å². The van der Waals surface area contributed by atoms with Crippen LogP contribution in [0, 0.1) is 5.92 Å². The molecule has 2 amide bonds. The monoisotopic (exact) mass is 350 g/mol. The minimum atomic E-state index is -0.0898. The highest BCUT2D eigenvalue weighted by Gasteiger charge is 2.22. The second-order valence-corrected chi connectivity index (χ2v) is 6.90. The van der Waals surface area contributed by atoms with E-state index in [1.165, 1.54) is 5.56 Å². The summed E-state index contributed by atoms with van der Waals surface area (Å²) >= 11 is 0. The topological polar surface area (TPSA) is 58.2 Å². The van der Waals surface area contributed by atoms with E-state index in [-0.39, 0.29) is 17.7 Å². The van der Waals surface area contributed by atoms with E-state index in [9.17, 15) is 9.59 Å². The molecular formula is C22H26N2O2. The molecule has 2 aromatic carbocycles. The highest BCUT2D eigenvalue weighted by Crippen LogP contribution is 2.26. The van der Waals surface area contributed by atoms with Gasteiger partial charge < -0.3 is 10.6 Å². The Hall–Kier alpha value is -2.62. The maximum Gasteiger partial charge on any atom is 0.251 e. The van der Waals surface area contributed by atoms with E-state index in [0.717, 1.165) is 43.4 Å². The zero-order valence-electron chi connectivity index (χ0n) is 15.3. The van der Waals surface area contributed by atoms with Gasteiger partial charge in [0, 0.05) is 23.7 Å². The van der Waals surface area contributed by atoms with Gasteiger partial charge in [0.25, 0.3) is 5.91 Å². The molecule has 0 radical (unpaired) electrons. The Morgan fingerprint density at radius 3 is 2.42 bits per heavy atom. The molecule has 2 N–H and O–H groups in total. The molecule has 136 valence electrons. The number of rotatable bonds is 6. The van der Waals surface area contributed by atoms with Crippen molar-refractivity contribution in [1.82, 2.24) is 5.32 Å². The normalized spacial score (nSPS) is 14.2. The average molecular weight is 350 g/mol. The zero-order chi connectivity index (χ0) is 18.4. The number of hydrogen-bond acceptors (Lipinski definition) is 2. The van der Waals surface area contributed by atoms with Crippen LogP contribution in [0.1, 0.15) is 54.1 Å². The predicted octanol–water partition coefficient (Wildman–Crippen LogP) is 4.31. The van der Waals surface area contributed by atoms with Crippen LogP contribution in [0.15, 0.2) is 48.5 Å². The summed E-state index contributed by atoms with van der Waals surface area (Å²) in [4.78, 5) is 24.5. The average Bonchev–Trinajstić information content (AvgIpc) is 3.21. The van der Waals surface area contributed by atoms with Crippen LogP contribution >= 0.6 is 0 Å². The van der Waals surface area contributed by atoms with Gasteiger partial charge >= 0.3 is 0 Å². The molecule has 3 rings (SSSR count). The molecule has 0 saturated heterocycles. The van der Waals surface area contributed by atoms with Gasteiger partial charge in [0.15, 0.2) is 0 Å². The Labute approximate surface area is 155 Å². The zero-order valence-corrected chi connectivity index (χ0v) is 15.3. The van der Waals surface area contributed by atoms with Gasteiger partial charge in [-0.2, -0.15) is 0 Å². The van der Waals surface area contributed by atoms with Gasteiger partial charge in [-0.05, 0) is 54.7 Å². The van der Waals surface area contributed by atoms with Crippen molar-refractivity contribution in [2.75, 3.05) is 5.32 Å². The minimum absolute atomic E-state index is 0.0898. The fourth-order valence-electron chi connectivity index (χ4n) is 3.37. The summed E-state index contributed by atoms with van der Waals surface area (Å²) in [6.07, 6.45) is 5.21. The van der Waals surface area contributed by atoms with Crippen molar-refractivity contribution in [3.63, 3.8) is 0 Å². The number of carbonyl (C=O) groups is 2. The lowest BCUT2D eigenvalue weighted by molar-refractivity contribution is -0.119. The summed E-state index contributed by atoms with van der Waals surface area (Å²) in [5.74, 6) is 0.164. The largest absolute Gasteiger partial charge is 0.348 e. The summed E-state index contributed by atoms with van der Waals surface area (Å²) in [6.45, 7) is 2.52. The van der Waals surface area contributed by atoms with Gasteiger partial charge in [0.2, 0.25) is 5.91 Å². The SMILES string of the molecule is CCc1ccc(C(=O)NCc2cccc(NC(=O)C3CCCC3)c2)cc1. The highest BCUT2D eigenvalue weighted by molar-refractivity contribution is 5.94. The molecule has 0 spiro atoms. The van der Waals surface area contributed by atoms with Crippen LogP contribution in [-0.4, -0.2) is 11.8 Å².